The lowest BCUT2D eigenvalue weighted by Gasteiger charge is -2.37. The molecule has 27 heavy (non-hydrogen) atoms. The summed E-state index contributed by atoms with van der Waals surface area (Å²) in [5, 5.41) is 0. The van der Waals surface area contributed by atoms with Gasteiger partial charge in [-0.05, 0) is 47.1 Å². The van der Waals surface area contributed by atoms with Gasteiger partial charge >= 0.3 is 0 Å². The monoisotopic (exact) mass is 432 g/mol. The molecule has 0 aliphatic carbocycles. The van der Waals surface area contributed by atoms with Gasteiger partial charge in [0.05, 0.1) is 4.47 Å². The Morgan fingerprint density at radius 3 is 2.56 bits per heavy atom. The van der Waals surface area contributed by atoms with E-state index in [9.17, 15) is 4.79 Å². The summed E-state index contributed by atoms with van der Waals surface area (Å²) in [6.45, 7) is 3.12. The number of fused-ring (bicyclic) bond motifs is 1. The van der Waals surface area contributed by atoms with Gasteiger partial charge in [-0.25, -0.2) is 4.98 Å². The van der Waals surface area contributed by atoms with E-state index in [4.69, 9.17) is 14.2 Å². The van der Waals surface area contributed by atoms with Gasteiger partial charge in [-0.3, -0.25) is 4.79 Å². The Morgan fingerprint density at radius 1 is 1.15 bits per heavy atom. The third-order valence-corrected chi connectivity index (χ3v) is 5.45. The van der Waals surface area contributed by atoms with Gasteiger partial charge in [0.15, 0.2) is 11.5 Å². The predicted octanol–water partition coefficient (Wildman–Crippen LogP) is 3.44. The van der Waals surface area contributed by atoms with Crippen LogP contribution in [0.2, 0.25) is 0 Å². The minimum absolute atomic E-state index is 0.0329. The van der Waals surface area contributed by atoms with Crippen LogP contribution in [-0.2, 0) is 4.79 Å². The van der Waals surface area contributed by atoms with E-state index in [1.165, 1.54) is 0 Å². The average Bonchev–Trinajstić information content (AvgIpc) is 2.69. The number of para-hydroxylation sites is 2. The molecule has 1 amide bonds. The number of rotatable bonds is 3. The molecule has 2 aromatic rings. The summed E-state index contributed by atoms with van der Waals surface area (Å²) in [5.41, 5.74) is 0. The maximum absolute atomic E-state index is 13.0. The molecule has 4 rings (SSSR count). The first-order chi connectivity index (χ1) is 13.1. The molecule has 1 fully saturated rings. The van der Waals surface area contributed by atoms with Crippen molar-refractivity contribution in [3.8, 4) is 17.4 Å². The minimum Gasteiger partial charge on any atom is -0.482 e. The van der Waals surface area contributed by atoms with Crippen molar-refractivity contribution in [2.24, 2.45) is 0 Å². The summed E-state index contributed by atoms with van der Waals surface area (Å²) < 4.78 is 18.6. The number of halogens is 1. The second-order valence-corrected chi connectivity index (χ2v) is 7.60. The molecule has 0 N–H and O–H groups in total. The Morgan fingerprint density at radius 2 is 1.85 bits per heavy atom. The Kier molecular flexibility index (Phi) is 5.20. The van der Waals surface area contributed by atoms with E-state index >= 15 is 0 Å². The average molecular weight is 433 g/mol. The zero-order valence-electron chi connectivity index (χ0n) is 15.0. The molecule has 0 spiro atoms. The first kappa shape index (κ1) is 18.1. The van der Waals surface area contributed by atoms with Crippen LogP contribution in [0.25, 0.3) is 0 Å². The Balaban J connectivity index is 1.36. The molecule has 2 atom stereocenters. The Bertz CT molecular complexity index is 823. The SMILES string of the molecule is C[C@@H]1Oc2ccccc2O[C@H]1C(=O)N1CCC(Oc2ncccc2Br)CC1. The van der Waals surface area contributed by atoms with Crippen molar-refractivity contribution in [3.05, 3.63) is 47.1 Å². The van der Waals surface area contributed by atoms with Crippen LogP contribution < -0.4 is 14.2 Å². The molecule has 0 unspecified atom stereocenters. The number of likely N-dealkylation sites (tertiary alicyclic amines) is 1. The molecular formula is C20H21BrN2O4. The smallest absolute Gasteiger partial charge is 0.267 e. The second kappa shape index (κ2) is 7.76. The summed E-state index contributed by atoms with van der Waals surface area (Å²) in [7, 11) is 0. The zero-order valence-corrected chi connectivity index (χ0v) is 16.6. The maximum atomic E-state index is 13.0. The van der Waals surface area contributed by atoms with Gasteiger partial charge in [-0.15, -0.1) is 0 Å². The first-order valence-corrected chi connectivity index (χ1v) is 9.89. The second-order valence-electron chi connectivity index (χ2n) is 6.74. The highest BCUT2D eigenvalue weighted by Crippen LogP contribution is 2.34. The van der Waals surface area contributed by atoms with Crippen LogP contribution in [0.1, 0.15) is 19.8 Å². The summed E-state index contributed by atoms with van der Waals surface area (Å²) >= 11 is 3.45. The van der Waals surface area contributed by atoms with E-state index in [0.717, 1.165) is 17.3 Å². The molecule has 2 aliphatic rings. The van der Waals surface area contributed by atoms with Crippen molar-refractivity contribution in [1.82, 2.24) is 9.88 Å². The van der Waals surface area contributed by atoms with Crippen LogP contribution in [0, 0.1) is 0 Å². The van der Waals surface area contributed by atoms with Crippen LogP contribution in [0.15, 0.2) is 47.1 Å². The number of nitrogens with zero attached hydrogens (tertiary/aromatic N) is 2. The quantitative estimate of drug-likeness (QED) is 0.743. The van der Waals surface area contributed by atoms with Gasteiger partial charge in [-0.1, -0.05) is 12.1 Å². The van der Waals surface area contributed by atoms with Gasteiger partial charge in [0, 0.05) is 32.1 Å². The Labute approximate surface area is 166 Å². The lowest BCUT2D eigenvalue weighted by atomic mass is 10.1. The summed E-state index contributed by atoms with van der Waals surface area (Å²) in [5.74, 6) is 1.86. The van der Waals surface area contributed by atoms with Gasteiger partial charge in [-0.2, -0.15) is 0 Å². The van der Waals surface area contributed by atoms with Crippen LogP contribution in [0.3, 0.4) is 0 Å². The fourth-order valence-electron chi connectivity index (χ4n) is 3.38. The molecular weight excluding hydrogens is 412 g/mol. The van der Waals surface area contributed by atoms with Crippen molar-refractivity contribution in [1.29, 1.82) is 0 Å². The molecule has 6 nitrogen and oxygen atoms in total. The number of hydrogen-bond donors (Lipinski definition) is 0. The van der Waals surface area contributed by atoms with E-state index in [1.807, 2.05) is 48.2 Å². The van der Waals surface area contributed by atoms with Crippen molar-refractivity contribution in [2.45, 2.75) is 38.1 Å². The van der Waals surface area contributed by atoms with E-state index in [2.05, 4.69) is 20.9 Å². The third-order valence-electron chi connectivity index (χ3n) is 4.84. The number of piperidine rings is 1. The van der Waals surface area contributed by atoms with Crippen molar-refractivity contribution in [2.75, 3.05) is 13.1 Å². The number of amides is 1. The number of ether oxygens (including phenoxy) is 3. The maximum Gasteiger partial charge on any atom is 0.267 e. The molecule has 1 saturated heterocycles. The molecule has 3 heterocycles. The predicted molar refractivity (Wildman–Crippen MR) is 103 cm³/mol. The number of aromatic nitrogens is 1. The van der Waals surface area contributed by atoms with E-state index in [-0.39, 0.29) is 18.1 Å². The lowest BCUT2D eigenvalue weighted by molar-refractivity contribution is -0.146. The molecule has 0 bridgehead atoms. The molecule has 142 valence electrons. The van der Waals surface area contributed by atoms with Crippen LogP contribution in [-0.4, -0.2) is 47.2 Å². The van der Waals surface area contributed by atoms with Crippen LogP contribution in [0.5, 0.6) is 17.4 Å². The highest BCUT2D eigenvalue weighted by Gasteiger charge is 2.38. The van der Waals surface area contributed by atoms with Crippen molar-refractivity contribution >= 4 is 21.8 Å². The van der Waals surface area contributed by atoms with Gasteiger partial charge in [0.1, 0.15) is 12.2 Å². The fourth-order valence-corrected chi connectivity index (χ4v) is 3.73. The Hall–Kier alpha value is -2.28. The van der Waals surface area contributed by atoms with Crippen molar-refractivity contribution < 1.29 is 19.0 Å². The molecule has 1 aromatic carbocycles. The normalized spacial score (nSPS) is 22.4. The molecule has 1 aromatic heterocycles. The summed E-state index contributed by atoms with van der Waals surface area (Å²) in [6, 6.07) is 11.2. The fraction of sp³-hybridized carbons (Fsp3) is 0.400. The first-order valence-electron chi connectivity index (χ1n) is 9.10. The summed E-state index contributed by atoms with van der Waals surface area (Å²) in [4.78, 5) is 19.0. The lowest BCUT2D eigenvalue weighted by Crippen LogP contribution is -2.53. The number of carbonyl (C=O) groups excluding carboxylic acids is 1. The molecule has 2 aliphatic heterocycles. The summed E-state index contributed by atoms with van der Waals surface area (Å²) in [6.07, 6.45) is 2.31. The van der Waals surface area contributed by atoms with E-state index < -0.39 is 6.10 Å². The zero-order chi connectivity index (χ0) is 18.8. The van der Waals surface area contributed by atoms with Gasteiger partial charge in [0.25, 0.3) is 5.91 Å². The number of hydrogen-bond acceptors (Lipinski definition) is 5. The van der Waals surface area contributed by atoms with E-state index in [0.29, 0.717) is 30.5 Å². The van der Waals surface area contributed by atoms with Gasteiger partial charge < -0.3 is 19.1 Å². The number of carbonyl (C=O) groups is 1. The van der Waals surface area contributed by atoms with Crippen molar-refractivity contribution in [3.63, 3.8) is 0 Å². The van der Waals surface area contributed by atoms with E-state index in [1.54, 1.807) is 6.20 Å². The molecule has 7 heteroatoms. The largest absolute Gasteiger partial charge is 0.482 e. The molecule has 0 saturated carbocycles. The van der Waals surface area contributed by atoms with Crippen LogP contribution >= 0.6 is 15.9 Å². The van der Waals surface area contributed by atoms with Crippen LogP contribution in [0.4, 0.5) is 0 Å². The highest BCUT2D eigenvalue weighted by molar-refractivity contribution is 9.10. The standard InChI is InChI=1S/C20H21BrN2O4/c1-13-18(27-17-7-3-2-6-16(17)25-13)20(24)23-11-8-14(9-12-23)26-19-15(21)5-4-10-22-19/h2-7,10,13-14,18H,8-9,11-12H2,1H3/t13-,18+/m0/s1. The molecule has 0 radical (unpaired) electrons. The van der Waals surface area contributed by atoms with Gasteiger partial charge in [0.2, 0.25) is 12.0 Å². The minimum atomic E-state index is -0.623. The topological polar surface area (TPSA) is 60.9 Å². The number of pyridine rings is 1. The third kappa shape index (κ3) is 3.88. The highest BCUT2D eigenvalue weighted by atomic mass is 79.9. The number of benzene rings is 1.